The third-order valence-electron chi connectivity index (χ3n) is 3.28. The largest absolute Gasteiger partial charge is 0.497 e. The Morgan fingerprint density at radius 3 is 2.05 bits per heavy atom. The second kappa shape index (κ2) is 6.22. The van der Waals surface area contributed by atoms with E-state index in [1.807, 2.05) is 0 Å². The van der Waals surface area contributed by atoms with E-state index in [1.54, 1.807) is 43.5 Å². The molecule has 0 bridgehead atoms. The Labute approximate surface area is 123 Å². The smallest absolute Gasteiger partial charge is 0.160 e. The average molecular weight is 284 g/mol. The van der Waals surface area contributed by atoms with Gasteiger partial charge >= 0.3 is 0 Å². The number of ether oxygens (including phenoxy) is 2. The first-order chi connectivity index (χ1) is 10.1. The quantitative estimate of drug-likeness (QED) is 0.624. The van der Waals surface area contributed by atoms with Gasteiger partial charge in [0.05, 0.1) is 14.2 Å². The van der Waals surface area contributed by atoms with Gasteiger partial charge in [-0.25, -0.2) is 0 Å². The molecule has 0 radical (unpaired) electrons. The summed E-state index contributed by atoms with van der Waals surface area (Å²) in [6.07, 6.45) is 0.756. The highest BCUT2D eigenvalue weighted by molar-refractivity contribution is 6.03. The van der Waals surface area contributed by atoms with Crippen LogP contribution in [0.1, 0.15) is 27.6 Å². The molecule has 2 aromatic rings. The Morgan fingerprint density at radius 2 is 1.52 bits per heavy atom. The summed E-state index contributed by atoms with van der Waals surface area (Å²) >= 11 is 0. The van der Waals surface area contributed by atoms with Gasteiger partial charge in [0, 0.05) is 11.1 Å². The number of ketones is 1. The minimum Gasteiger partial charge on any atom is -0.497 e. The Balaban J connectivity index is 2.66. The maximum atomic E-state index is 11.9. The number of carbonyl (C=O) groups is 2. The molecule has 0 spiro atoms. The van der Waals surface area contributed by atoms with Crippen LogP contribution in [0.2, 0.25) is 0 Å². The standard InChI is InChI=1S/C17H16O4/c1-11(19)17-9-14(21-3)5-7-16(17)15-6-4-13(20-2)8-12(15)10-18/h4-10H,1-3H3. The van der Waals surface area contributed by atoms with Crippen LogP contribution >= 0.6 is 0 Å². The lowest BCUT2D eigenvalue weighted by atomic mass is 9.94. The molecule has 21 heavy (non-hydrogen) atoms. The molecule has 0 aliphatic carbocycles. The molecule has 2 aromatic carbocycles. The van der Waals surface area contributed by atoms with Gasteiger partial charge in [0.25, 0.3) is 0 Å². The number of Topliss-reactive ketones (excluding diaryl/α,β-unsaturated/α-hetero) is 1. The van der Waals surface area contributed by atoms with Crippen molar-refractivity contribution in [2.75, 3.05) is 14.2 Å². The van der Waals surface area contributed by atoms with Crippen LogP contribution in [0.3, 0.4) is 0 Å². The zero-order chi connectivity index (χ0) is 15.4. The van der Waals surface area contributed by atoms with Gasteiger partial charge in [-0.2, -0.15) is 0 Å². The zero-order valence-corrected chi connectivity index (χ0v) is 12.2. The van der Waals surface area contributed by atoms with E-state index in [2.05, 4.69) is 0 Å². The molecule has 0 aliphatic rings. The van der Waals surface area contributed by atoms with E-state index >= 15 is 0 Å². The molecule has 0 aromatic heterocycles. The predicted molar refractivity (Wildman–Crippen MR) is 80.4 cm³/mol. The number of hydrogen-bond acceptors (Lipinski definition) is 4. The lowest BCUT2D eigenvalue weighted by Crippen LogP contribution is -1.99. The van der Waals surface area contributed by atoms with Crippen molar-refractivity contribution in [3.05, 3.63) is 47.5 Å². The minimum absolute atomic E-state index is 0.0865. The van der Waals surface area contributed by atoms with E-state index < -0.39 is 0 Å². The van der Waals surface area contributed by atoms with Crippen LogP contribution < -0.4 is 9.47 Å². The summed E-state index contributed by atoms with van der Waals surface area (Å²) in [7, 11) is 3.08. The second-order valence-corrected chi connectivity index (χ2v) is 4.54. The minimum atomic E-state index is -0.0865. The maximum Gasteiger partial charge on any atom is 0.160 e. The number of carbonyl (C=O) groups excluding carboxylic acids is 2. The first-order valence-electron chi connectivity index (χ1n) is 6.43. The van der Waals surface area contributed by atoms with Crippen molar-refractivity contribution >= 4 is 12.1 Å². The summed E-state index contributed by atoms with van der Waals surface area (Å²) in [6.45, 7) is 1.49. The molecule has 0 atom stereocenters. The molecule has 0 aliphatic heterocycles. The normalized spacial score (nSPS) is 10.0. The van der Waals surface area contributed by atoms with E-state index in [4.69, 9.17) is 9.47 Å². The SMILES string of the molecule is COc1ccc(-c2ccc(OC)cc2C(C)=O)c(C=O)c1. The third kappa shape index (κ3) is 2.94. The van der Waals surface area contributed by atoms with Crippen LogP contribution in [-0.2, 0) is 0 Å². The first-order valence-corrected chi connectivity index (χ1v) is 6.43. The molecule has 0 saturated heterocycles. The highest BCUT2D eigenvalue weighted by atomic mass is 16.5. The zero-order valence-electron chi connectivity index (χ0n) is 12.2. The number of rotatable bonds is 5. The van der Waals surface area contributed by atoms with Crippen LogP contribution in [-0.4, -0.2) is 26.3 Å². The molecular formula is C17H16O4. The summed E-state index contributed by atoms with van der Waals surface area (Å²) in [5, 5.41) is 0. The Hall–Kier alpha value is -2.62. The van der Waals surface area contributed by atoms with Crippen molar-refractivity contribution in [2.45, 2.75) is 6.92 Å². The fraction of sp³-hybridized carbons (Fsp3) is 0.176. The topological polar surface area (TPSA) is 52.6 Å². The van der Waals surface area contributed by atoms with Crippen LogP contribution in [0.15, 0.2) is 36.4 Å². The lowest BCUT2D eigenvalue weighted by molar-refractivity contribution is 0.101. The van der Waals surface area contributed by atoms with Crippen molar-refractivity contribution in [2.24, 2.45) is 0 Å². The fourth-order valence-electron chi connectivity index (χ4n) is 2.19. The van der Waals surface area contributed by atoms with Gasteiger partial charge in [-0.1, -0.05) is 0 Å². The lowest BCUT2D eigenvalue weighted by Gasteiger charge is -2.12. The predicted octanol–water partition coefficient (Wildman–Crippen LogP) is 3.39. The summed E-state index contributed by atoms with van der Waals surface area (Å²) in [4.78, 5) is 23.2. The van der Waals surface area contributed by atoms with Crippen molar-refractivity contribution < 1.29 is 19.1 Å². The Bertz CT molecular complexity index is 689. The Morgan fingerprint density at radius 1 is 0.952 bits per heavy atom. The van der Waals surface area contributed by atoms with Crippen LogP contribution in [0, 0.1) is 0 Å². The number of hydrogen-bond donors (Lipinski definition) is 0. The molecule has 0 amide bonds. The van der Waals surface area contributed by atoms with E-state index in [0.29, 0.717) is 33.8 Å². The first kappa shape index (κ1) is 14.8. The molecule has 0 heterocycles. The summed E-state index contributed by atoms with van der Waals surface area (Å²) in [5.74, 6) is 1.11. The highest BCUT2D eigenvalue weighted by Crippen LogP contribution is 2.31. The number of benzene rings is 2. The summed E-state index contributed by atoms with van der Waals surface area (Å²) in [5.41, 5.74) is 2.39. The average Bonchev–Trinajstić information content (AvgIpc) is 2.53. The summed E-state index contributed by atoms with van der Waals surface area (Å²) in [6, 6.07) is 10.4. The number of methoxy groups -OCH3 is 2. The monoisotopic (exact) mass is 284 g/mol. The van der Waals surface area contributed by atoms with Gasteiger partial charge in [-0.3, -0.25) is 9.59 Å². The molecule has 0 N–H and O–H groups in total. The van der Waals surface area contributed by atoms with Gasteiger partial charge < -0.3 is 9.47 Å². The molecule has 4 heteroatoms. The molecule has 108 valence electrons. The molecule has 0 saturated carbocycles. The fourth-order valence-corrected chi connectivity index (χ4v) is 2.19. The highest BCUT2D eigenvalue weighted by Gasteiger charge is 2.14. The van der Waals surface area contributed by atoms with E-state index in [-0.39, 0.29) is 5.78 Å². The Kier molecular flexibility index (Phi) is 4.38. The van der Waals surface area contributed by atoms with Crippen molar-refractivity contribution in [1.29, 1.82) is 0 Å². The van der Waals surface area contributed by atoms with Gasteiger partial charge in [0.2, 0.25) is 0 Å². The maximum absolute atomic E-state index is 11.9. The van der Waals surface area contributed by atoms with Crippen LogP contribution in [0.25, 0.3) is 11.1 Å². The summed E-state index contributed by atoms with van der Waals surface area (Å²) < 4.78 is 10.3. The third-order valence-corrected chi connectivity index (χ3v) is 3.28. The van der Waals surface area contributed by atoms with Gasteiger partial charge in [-0.15, -0.1) is 0 Å². The van der Waals surface area contributed by atoms with Gasteiger partial charge in [0.1, 0.15) is 11.5 Å². The molecule has 2 rings (SSSR count). The molecule has 0 unspecified atom stereocenters. The molecule has 4 nitrogen and oxygen atoms in total. The molecule has 0 fully saturated rings. The van der Waals surface area contributed by atoms with Crippen molar-refractivity contribution in [3.8, 4) is 22.6 Å². The van der Waals surface area contributed by atoms with Crippen LogP contribution in [0.5, 0.6) is 11.5 Å². The van der Waals surface area contributed by atoms with Crippen molar-refractivity contribution in [1.82, 2.24) is 0 Å². The van der Waals surface area contributed by atoms with E-state index in [9.17, 15) is 9.59 Å². The van der Waals surface area contributed by atoms with E-state index in [1.165, 1.54) is 14.0 Å². The van der Waals surface area contributed by atoms with Gasteiger partial charge in [0.15, 0.2) is 12.1 Å². The van der Waals surface area contributed by atoms with E-state index in [0.717, 1.165) is 6.29 Å². The number of aldehydes is 1. The van der Waals surface area contributed by atoms with Gasteiger partial charge in [-0.05, 0) is 54.4 Å². The van der Waals surface area contributed by atoms with Crippen LogP contribution in [0.4, 0.5) is 0 Å². The van der Waals surface area contributed by atoms with Crippen molar-refractivity contribution in [3.63, 3.8) is 0 Å². The molecular weight excluding hydrogens is 268 g/mol. The second-order valence-electron chi connectivity index (χ2n) is 4.54.